The van der Waals surface area contributed by atoms with E-state index in [1.807, 2.05) is 0 Å². The number of halogens is 2. The summed E-state index contributed by atoms with van der Waals surface area (Å²) in [7, 11) is 0. The maximum absolute atomic E-state index is 13.6. The summed E-state index contributed by atoms with van der Waals surface area (Å²) >= 11 is 5.71. The summed E-state index contributed by atoms with van der Waals surface area (Å²) in [6, 6.07) is 4.95. The van der Waals surface area contributed by atoms with Gasteiger partial charge in [-0.05, 0) is 24.0 Å². The highest BCUT2D eigenvalue weighted by Crippen LogP contribution is 2.29. The van der Waals surface area contributed by atoms with Crippen molar-refractivity contribution in [2.75, 3.05) is 0 Å². The quantitative estimate of drug-likeness (QED) is 0.865. The van der Waals surface area contributed by atoms with Crippen LogP contribution in [0, 0.1) is 11.7 Å². The number of aliphatic hydroxyl groups is 1. The monoisotopic (exact) mass is 256 g/mol. The Morgan fingerprint density at radius 1 is 1.35 bits per heavy atom. The number of aliphatic hydroxyl groups excluding tert-OH is 1. The minimum absolute atomic E-state index is 0.135. The van der Waals surface area contributed by atoms with Crippen LogP contribution in [0.15, 0.2) is 18.2 Å². The Labute approximate surface area is 107 Å². The van der Waals surface area contributed by atoms with E-state index in [4.69, 9.17) is 11.6 Å². The Morgan fingerprint density at radius 3 is 2.76 bits per heavy atom. The predicted molar refractivity (Wildman–Crippen MR) is 67.7 cm³/mol. The molecular weight excluding hydrogens is 239 g/mol. The summed E-state index contributed by atoms with van der Waals surface area (Å²) in [5.74, 6) is 0.229. The van der Waals surface area contributed by atoms with Gasteiger partial charge in [-0.25, -0.2) is 4.39 Å². The van der Waals surface area contributed by atoms with Gasteiger partial charge in [0.15, 0.2) is 0 Å². The first kappa shape index (κ1) is 12.8. The summed E-state index contributed by atoms with van der Waals surface area (Å²) < 4.78 is 13.6. The molecule has 1 aliphatic carbocycles. The summed E-state index contributed by atoms with van der Waals surface area (Å²) in [6.45, 7) is 0. The van der Waals surface area contributed by atoms with Crippen molar-refractivity contribution in [1.82, 2.24) is 0 Å². The average Bonchev–Trinajstić information content (AvgIpc) is 2.77. The van der Waals surface area contributed by atoms with E-state index in [0.29, 0.717) is 17.9 Å². The van der Waals surface area contributed by atoms with E-state index in [-0.39, 0.29) is 10.8 Å². The second-order valence-electron chi connectivity index (χ2n) is 4.96. The van der Waals surface area contributed by atoms with Gasteiger partial charge < -0.3 is 5.11 Å². The first-order chi connectivity index (χ1) is 8.16. The zero-order chi connectivity index (χ0) is 12.3. The molecule has 3 heteroatoms. The van der Waals surface area contributed by atoms with Crippen LogP contribution < -0.4 is 0 Å². The van der Waals surface area contributed by atoms with Crippen LogP contribution in [0.5, 0.6) is 0 Å². The van der Waals surface area contributed by atoms with Crippen molar-refractivity contribution in [2.45, 2.75) is 44.6 Å². The molecule has 1 fully saturated rings. The lowest BCUT2D eigenvalue weighted by Crippen LogP contribution is -2.15. The predicted octanol–water partition coefficient (Wildman–Crippen LogP) is 3.96. The minimum Gasteiger partial charge on any atom is -0.393 e. The highest BCUT2D eigenvalue weighted by molar-refractivity contribution is 6.30. The van der Waals surface area contributed by atoms with Crippen molar-refractivity contribution >= 4 is 11.6 Å². The standard InChI is InChI=1S/C14H18ClFO/c15-13-7-3-6-11(14(13)16)9-12(17)8-10-4-1-2-5-10/h3,6-7,10,12,17H,1-2,4-5,8-9H2. The van der Waals surface area contributed by atoms with Gasteiger partial charge in [0.2, 0.25) is 0 Å². The number of hydrogen-bond acceptors (Lipinski definition) is 1. The second-order valence-corrected chi connectivity index (χ2v) is 5.36. The van der Waals surface area contributed by atoms with Gasteiger partial charge in [0.05, 0.1) is 11.1 Å². The first-order valence-corrected chi connectivity index (χ1v) is 6.65. The van der Waals surface area contributed by atoms with Crippen molar-refractivity contribution in [2.24, 2.45) is 5.92 Å². The number of hydrogen-bond donors (Lipinski definition) is 1. The van der Waals surface area contributed by atoms with Crippen LogP contribution in [0.2, 0.25) is 5.02 Å². The second kappa shape index (κ2) is 5.83. The van der Waals surface area contributed by atoms with Gasteiger partial charge in [0.1, 0.15) is 5.82 Å². The summed E-state index contributed by atoms with van der Waals surface area (Å²) in [5, 5.41) is 10.1. The van der Waals surface area contributed by atoms with Crippen LogP contribution in [0.1, 0.15) is 37.7 Å². The maximum Gasteiger partial charge on any atom is 0.145 e. The van der Waals surface area contributed by atoms with E-state index < -0.39 is 6.10 Å². The third-order valence-electron chi connectivity index (χ3n) is 3.57. The summed E-state index contributed by atoms with van der Waals surface area (Å²) in [6.07, 6.45) is 5.64. The van der Waals surface area contributed by atoms with Crippen LogP contribution in [0.4, 0.5) is 4.39 Å². The van der Waals surface area contributed by atoms with Crippen molar-refractivity contribution in [3.05, 3.63) is 34.6 Å². The molecule has 0 amide bonds. The highest BCUT2D eigenvalue weighted by atomic mass is 35.5. The molecule has 94 valence electrons. The zero-order valence-corrected chi connectivity index (χ0v) is 10.6. The number of benzene rings is 1. The topological polar surface area (TPSA) is 20.2 Å². The molecule has 0 aromatic heterocycles. The molecule has 1 aliphatic rings. The highest BCUT2D eigenvalue weighted by Gasteiger charge is 2.20. The molecule has 1 aromatic rings. The molecule has 0 heterocycles. The molecule has 0 bridgehead atoms. The van der Waals surface area contributed by atoms with E-state index in [1.54, 1.807) is 12.1 Å². The third kappa shape index (κ3) is 3.43. The minimum atomic E-state index is -0.453. The molecule has 1 nitrogen and oxygen atoms in total. The van der Waals surface area contributed by atoms with E-state index in [0.717, 1.165) is 6.42 Å². The molecule has 1 aromatic carbocycles. The molecule has 0 aliphatic heterocycles. The van der Waals surface area contributed by atoms with Crippen LogP contribution in [0.25, 0.3) is 0 Å². The molecule has 1 saturated carbocycles. The Kier molecular flexibility index (Phi) is 4.41. The SMILES string of the molecule is OC(Cc1cccc(Cl)c1F)CC1CCCC1. The maximum atomic E-state index is 13.6. The molecule has 1 atom stereocenters. The van der Waals surface area contributed by atoms with Gasteiger partial charge in [-0.2, -0.15) is 0 Å². The zero-order valence-electron chi connectivity index (χ0n) is 9.83. The molecule has 1 unspecified atom stereocenters. The van der Waals surface area contributed by atoms with Crippen molar-refractivity contribution in [1.29, 1.82) is 0 Å². The molecule has 0 spiro atoms. The molecule has 1 N–H and O–H groups in total. The Morgan fingerprint density at radius 2 is 2.06 bits per heavy atom. The summed E-state index contributed by atoms with van der Waals surface area (Å²) in [4.78, 5) is 0. The van der Waals surface area contributed by atoms with Crippen molar-refractivity contribution < 1.29 is 9.50 Å². The molecule has 17 heavy (non-hydrogen) atoms. The summed E-state index contributed by atoms with van der Waals surface area (Å²) in [5.41, 5.74) is 0.517. The van der Waals surface area contributed by atoms with Crippen molar-refractivity contribution in [3.8, 4) is 0 Å². The van der Waals surface area contributed by atoms with Gasteiger partial charge in [-0.1, -0.05) is 49.4 Å². The lowest BCUT2D eigenvalue weighted by molar-refractivity contribution is 0.142. The normalized spacial score (nSPS) is 18.5. The lowest BCUT2D eigenvalue weighted by atomic mass is 9.96. The molecule has 0 radical (unpaired) electrons. The lowest BCUT2D eigenvalue weighted by Gasteiger charge is -2.15. The fourth-order valence-corrected chi connectivity index (χ4v) is 2.87. The molecule has 2 rings (SSSR count). The van der Waals surface area contributed by atoms with E-state index in [9.17, 15) is 9.50 Å². The fourth-order valence-electron chi connectivity index (χ4n) is 2.67. The van der Waals surface area contributed by atoms with Crippen LogP contribution in [-0.4, -0.2) is 11.2 Å². The Bertz CT molecular complexity index is 374. The van der Waals surface area contributed by atoms with E-state index in [1.165, 1.54) is 31.7 Å². The van der Waals surface area contributed by atoms with E-state index >= 15 is 0 Å². The largest absolute Gasteiger partial charge is 0.393 e. The van der Waals surface area contributed by atoms with Gasteiger partial charge >= 0.3 is 0 Å². The van der Waals surface area contributed by atoms with E-state index in [2.05, 4.69) is 0 Å². The third-order valence-corrected chi connectivity index (χ3v) is 3.86. The van der Waals surface area contributed by atoms with Crippen LogP contribution >= 0.6 is 11.6 Å². The fraction of sp³-hybridized carbons (Fsp3) is 0.571. The molecular formula is C14H18ClFO. The Balaban J connectivity index is 1.93. The van der Waals surface area contributed by atoms with Crippen molar-refractivity contribution in [3.63, 3.8) is 0 Å². The van der Waals surface area contributed by atoms with Gasteiger partial charge in [0, 0.05) is 6.42 Å². The smallest absolute Gasteiger partial charge is 0.145 e. The number of rotatable bonds is 4. The van der Waals surface area contributed by atoms with Gasteiger partial charge in [0.25, 0.3) is 0 Å². The Hall–Kier alpha value is -0.600. The van der Waals surface area contributed by atoms with Gasteiger partial charge in [-0.15, -0.1) is 0 Å². The first-order valence-electron chi connectivity index (χ1n) is 6.27. The van der Waals surface area contributed by atoms with Crippen LogP contribution in [0.3, 0.4) is 0 Å². The van der Waals surface area contributed by atoms with Gasteiger partial charge in [-0.3, -0.25) is 0 Å². The molecule has 0 saturated heterocycles. The van der Waals surface area contributed by atoms with Crippen LogP contribution in [-0.2, 0) is 6.42 Å². The average molecular weight is 257 g/mol.